The maximum absolute atomic E-state index is 4.35. The van der Waals surface area contributed by atoms with E-state index in [2.05, 4.69) is 139 Å². The van der Waals surface area contributed by atoms with E-state index in [1.54, 1.807) is 0 Å². The first-order valence-electron chi connectivity index (χ1n) is 14.9. The number of aromatic nitrogens is 2. The number of allylic oxidation sites excluding steroid dienone is 3. The number of hydrogen-bond acceptors (Lipinski definition) is 1. The number of fused-ring (bicyclic) bond motifs is 1. The van der Waals surface area contributed by atoms with Crippen molar-refractivity contribution in [3.05, 3.63) is 168 Å². The van der Waals surface area contributed by atoms with Crippen LogP contribution in [-0.2, 0) is 0 Å². The van der Waals surface area contributed by atoms with Gasteiger partial charge in [-0.25, -0.2) is 0 Å². The molecule has 0 aliphatic carbocycles. The molecule has 1 N–H and O–H groups in total. The molecule has 3 heterocycles. The van der Waals surface area contributed by atoms with Gasteiger partial charge in [-0.1, -0.05) is 98.1 Å². The molecular weight excluding hydrogens is 534 g/mol. The molecular formula is C41H33N3. The standard InChI is InChI=1S/C41H33N3/c1-5-29(31-16-18-33(19-17-31)38-22-24-43-38)26-40-27(3)28(4)41(44(40)39-15-9-12-32-11-7-8-13-35(32)39)36-21-20-34(25-30(36)6-2)37-14-10-23-42-37/h5-26,42H,1-2H2,3-4H3/b29-26+. The molecule has 0 spiro atoms. The summed E-state index contributed by atoms with van der Waals surface area (Å²) in [4.78, 5) is 7.69. The SMILES string of the molecule is C=C/C(=C\c1c(C)c(C)c(-c2ccc(-c3ccc[nH]3)cc2C=C)n1-c1cccc2ccccc12)c1ccc(C2=NC=C2)cc1. The van der Waals surface area contributed by atoms with Crippen LogP contribution in [0.2, 0.25) is 0 Å². The van der Waals surface area contributed by atoms with E-state index < -0.39 is 0 Å². The zero-order valence-corrected chi connectivity index (χ0v) is 25.0. The third kappa shape index (κ3) is 4.60. The molecule has 0 fully saturated rings. The second kappa shape index (κ2) is 11.2. The van der Waals surface area contributed by atoms with Crippen LogP contribution >= 0.6 is 0 Å². The fraction of sp³-hybridized carbons (Fsp3) is 0.0488. The number of hydrogen-bond donors (Lipinski definition) is 1. The second-order valence-electron chi connectivity index (χ2n) is 11.1. The summed E-state index contributed by atoms with van der Waals surface area (Å²) in [6.07, 6.45) is 12.0. The van der Waals surface area contributed by atoms with Gasteiger partial charge in [0.2, 0.25) is 0 Å². The lowest BCUT2D eigenvalue weighted by Crippen LogP contribution is -2.03. The van der Waals surface area contributed by atoms with Gasteiger partial charge in [-0.15, -0.1) is 0 Å². The minimum absolute atomic E-state index is 1.02. The van der Waals surface area contributed by atoms with Crippen LogP contribution in [0.1, 0.15) is 33.5 Å². The van der Waals surface area contributed by atoms with Gasteiger partial charge in [0, 0.05) is 34.6 Å². The first-order chi connectivity index (χ1) is 21.6. The number of aromatic amines is 1. The average Bonchev–Trinajstić information content (AvgIpc) is 3.66. The third-order valence-corrected chi connectivity index (χ3v) is 8.68. The van der Waals surface area contributed by atoms with E-state index in [9.17, 15) is 0 Å². The van der Waals surface area contributed by atoms with Gasteiger partial charge in [0.25, 0.3) is 0 Å². The van der Waals surface area contributed by atoms with Crippen LogP contribution < -0.4 is 0 Å². The van der Waals surface area contributed by atoms with Gasteiger partial charge in [0.1, 0.15) is 0 Å². The van der Waals surface area contributed by atoms with Crippen LogP contribution in [0.5, 0.6) is 0 Å². The normalized spacial score (nSPS) is 12.7. The van der Waals surface area contributed by atoms with Crippen molar-refractivity contribution in [2.45, 2.75) is 13.8 Å². The first-order valence-corrected chi connectivity index (χ1v) is 14.9. The van der Waals surface area contributed by atoms with Crippen molar-refractivity contribution in [2.24, 2.45) is 4.99 Å². The molecule has 3 nitrogen and oxygen atoms in total. The number of aliphatic imine (C=N–C) groups is 1. The zero-order valence-electron chi connectivity index (χ0n) is 25.0. The molecule has 212 valence electrons. The topological polar surface area (TPSA) is 33.1 Å². The van der Waals surface area contributed by atoms with E-state index >= 15 is 0 Å². The summed E-state index contributed by atoms with van der Waals surface area (Å²) in [7, 11) is 0. The van der Waals surface area contributed by atoms with Crippen molar-refractivity contribution in [3.8, 4) is 28.2 Å². The Morgan fingerprint density at radius 3 is 2.30 bits per heavy atom. The Hall–Kier alpha value is -5.67. The Kier molecular flexibility index (Phi) is 6.92. The Labute approximate surface area is 258 Å². The van der Waals surface area contributed by atoms with Crippen molar-refractivity contribution in [3.63, 3.8) is 0 Å². The molecule has 0 bridgehead atoms. The molecule has 0 radical (unpaired) electrons. The molecule has 0 amide bonds. The molecule has 6 aromatic rings. The summed E-state index contributed by atoms with van der Waals surface area (Å²) in [5.41, 5.74) is 14.6. The van der Waals surface area contributed by atoms with Crippen LogP contribution in [0.3, 0.4) is 0 Å². The molecule has 3 heteroatoms. The Morgan fingerprint density at radius 1 is 0.818 bits per heavy atom. The number of nitrogens with one attached hydrogen (secondary N) is 1. The lowest BCUT2D eigenvalue weighted by atomic mass is 9.97. The van der Waals surface area contributed by atoms with Crippen molar-refractivity contribution in [2.75, 3.05) is 0 Å². The summed E-state index contributed by atoms with van der Waals surface area (Å²) in [5.74, 6) is 0. The predicted octanol–water partition coefficient (Wildman–Crippen LogP) is 10.6. The molecule has 0 saturated heterocycles. The van der Waals surface area contributed by atoms with E-state index in [0.29, 0.717) is 0 Å². The van der Waals surface area contributed by atoms with Crippen LogP contribution in [0.4, 0.5) is 0 Å². The fourth-order valence-electron chi connectivity index (χ4n) is 6.16. The predicted molar refractivity (Wildman–Crippen MR) is 188 cm³/mol. The minimum atomic E-state index is 1.02. The highest BCUT2D eigenvalue weighted by molar-refractivity contribution is 6.12. The van der Waals surface area contributed by atoms with E-state index in [1.165, 1.54) is 21.9 Å². The van der Waals surface area contributed by atoms with Gasteiger partial charge in [0.15, 0.2) is 0 Å². The molecule has 0 saturated carbocycles. The lowest BCUT2D eigenvalue weighted by Gasteiger charge is -2.18. The smallest absolute Gasteiger partial charge is 0.0717 e. The van der Waals surface area contributed by atoms with Gasteiger partial charge >= 0.3 is 0 Å². The second-order valence-corrected chi connectivity index (χ2v) is 11.1. The summed E-state index contributed by atoms with van der Waals surface area (Å²) in [5, 5.41) is 2.40. The minimum Gasteiger partial charge on any atom is -0.361 e. The summed E-state index contributed by atoms with van der Waals surface area (Å²) < 4.78 is 2.43. The molecule has 7 rings (SSSR count). The maximum Gasteiger partial charge on any atom is 0.0717 e. The quantitative estimate of drug-likeness (QED) is 0.178. The van der Waals surface area contributed by atoms with Crippen LogP contribution in [0.25, 0.3) is 56.7 Å². The molecule has 1 aliphatic rings. The number of benzene rings is 4. The molecule has 4 aromatic carbocycles. The highest BCUT2D eigenvalue weighted by atomic mass is 15.0. The van der Waals surface area contributed by atoms with Gasteiger partial charge in [-0.2, -0.15) is 0 Å². The third-order valence-electron chi connectivity index (χ3n) is 8.68. The summed E-state index contributed by atoms with van der Waals surface area (Å²) >= 11 is 0. The molecule has 0 atom stereocenters. The molecule has 0 unspecified atom stereocenters. The van der Waals surface area contributed by atoms with Crippen molar-refractivity contribution < 1.29 is 0 Å². The molecule has 1 aliphatic heterocycles. The molecule has 44 heavy (non-hydrogen) atoms. The van der Waals surface area contributed by atoms with E-state index in [4.69, 9.17) is 0 Å². The maximum atomic E-state index is 4.35. The number of H-pyrrole nitrogens is 1. The number of nitrogens with zero attached hydrogens (tertiary/aromatic N) is 2. The monoisotopic (exact) mass is 567 g/mol. The van der Waals surface area contributed by atoms with Gasteiger partial charge in [-0.05, 0) is 89.0 Å². The van der Waals surface area contributed by atoms with E-state index in [0.717, 1.165) is 61.9 Å². The van der Waals surface area contributed by atoms with Gasteiger partial charge in [0.05, 0.1) is 22.8 Å². The fourth-order valence-corrected chi connectivity index (χ4v) is 6.16. The Morgan fingerprint density at radius 2 is 1.59 bits per heavy atom. The highest BCUT2D eigenvalue weighted by Crippen LogP contribution is 2.40. The first kappa shape index (κ1) is 27.2. The van der Waals surface area contributed by atoms with Gasteiger partial charge in [-0.3, -0.25) is 4.99 Å². The average molecular weight is 568 g/mol. The summed E-state index contributed by atoms with van der Waals surface area (Å²) in [6.45, 7) is 12.9. The Balaban J connectivity index is 1.48. The van der Waals surface area contributed by atoms with E-state index in [1.807, 2.05) is 36.7 Å². The van der Waals surface area contributed by atoms with Crippen molar-refractivity contribution in [1.29, 1.82) is 0 Å². The van der Waals surface area contributed by atoms with Crippen molar-refractivity contribution in [1.82, 2.24) is 9.55 Å². The highest BCUT2D eigenvalue weighted by Gasteiger charge is 2.22. The van der Waals surface area contributed by atoms with Crippen LogP contribution in [-0.4, -0.2) is 15.3 Å². The van der Waals surface area contributed by atoms with Crippen LogP contribution in [0.15, 0.2) is 140 Å². The van der Waals surface area contributed by atoms with Crippen molar-refractivity contribution >= 4 is 34.2 Å². The largest absolute Gasteiger partial charge is 0.361 e. The Bertz CT molecular complexity index is 2140. The lowest BCUT2D eigenvalue weighted by molar-refractivity contribution is 1.07. The molecule has 2 aromatic heterocycles. The number of rotatable bonds is 8. The zero-order chi connectivity index (χ0) is 30.2. The van der Waals surface area contributed by atoms with Gasteiger partial charge < -0.3 is 9.55 Å². The van der Waals surface area contributed by atoms with Crippen LogP contribution in [0, 0.1) is 13.8 Å². The van der Waals surface area contributed by atoms with E-state index in [-0.39, 0.29) is 0 Å². The summed E-state index contributed by atoms with van der Waals surface area (Å²) in [6, 6.07) is 34.5.